The highest BCUT2D eigenvalue weighted by molar-refractivity contribution is 9.10. The van der Waals surface area contributed by atoms with Gasteiger partial charge in [0.1, 0.15) is 22.0 Å². The summed E-state index contributed by atoms with van der Waals surface area (Å²) in [6.45, 7) is 2.04. The molecular weight excluding hydrogens is 414 g/mol. The van der Waals surface area contributed by atoms with Crippen molar-refractivity contribution >= 4 is 43.5 Å². The van der Waals surface area contributed by atoms with Gasteiger partial charge in [0.05, 0.1) is 9.50 Å². The zero-order chi connectivity index (χ0) is 14.7. The van der Waals surface area contributed by atoms with Gasteiger partial charge in [0, 0.05) is 18.6 Å². The van der Waals surface area contributed by atoms with E-state index >= 15 is 0 Å². The Balaban J connectivity index is 2.32. The Kier molecular flexibility index (Phi) is 5.35. The smallest absolute Gasteiger partial charge is 0.223 e. The monoisotopic (exact) mass is 422 g/mol. The number of ether oxygens (including phenoxy) is 1. The van der Waals surface area contributed by atoms with Crippen molar-refractivity contribution in [2.75, 3.05) is 0 Å². The number of nitrogens with zero attached hydrogens (tertiary/aromatic N) is 2. The van der Waals surface area contributed by atoms with Crippen molar-refractivity contribution in [3.05, 3.63) is 43.9 Å². The number of hydrogen-bond acceptors (Lipinski definition) is 3. The topological polar surface area (TPSA) is 35.0 Å². The van der Waals surface area contributed by atoms with E-state index in [9.17, 15) is 4.39 Å². The molecule has 2 rings (SSSR count). The van der Waals surface area contributed by atoms with Gasteiger partial charge in [0.25, 0.3) is 0 Å². The van der Waals surface area contributed by atoms with E-state index in [1.807, 2.05) is 6.92 Å². The highest BCUT2D eigenvalue weighted by Gasteiger charge is 2.11. The molecule has 0 unspecified atom stereocenters. The van der Waals surface area contributed by atoms with Gasteiger partial charge in [0.15, 0.2) is 0 Å². The molecule has 0 amide bonds. The van der Waals surface area contributed by atoms with Gasteiger partial charge in [-0.3, -0.25) is 0 Å². The molecule has 7 heteroatoms. The maximum absolute atomic E-state index is 13.5. The fourth-order valence-electron chi connectivity index (χ4n) is 1.52. The molecule has 2 aromatic rings. The van der Waals surface area contributed by atoms with Crippen molar-refractivity contribution in [1.29, 1.82) is 0 Å². The zero-order valence-corrected chi connectivity index (χ0v) is 14.4. The number of aromatic nitrogens is 2. The summed E-state index contributed by atoms with van der Waals surface area (Å²) >= 11 is 12.3. The van der Waals surface area contributed by atoms with Crippen LogP contribution in [-0.2, 0) is 6.42 Å². The standard InChI is InChI=1S/C13H10Br2ClFN2O/c1-2-3-12-18-11(15)6-13(19-12)20-10-5-9(17)8(16)4-7(10)14/h4-6H,2-3H2,1H3. The molecule has 0 radical (unpaired) electrons. The summed E-state index contributed by atoms with van der Waals surface area (Å²) in [5.41, 5.74) is 0. The minimum Gasteiger partial charge on any atom is -0.438 e. The Morgan fingerprint density at radius 1 is 1.25 bits per heavy atom. The molecule has 0 saturated heterocycles. The molecular formula is C13H10Br2ClFN2O. The number of rotatable bonds is 4. The third kappa shape index (κ3) is 3.90. The van der Waals surface area contributed by atoms with Gasteiger partial charge in [-0.15, -0.1) is 0 Å². The second-order valence-electron chi connectivity index (χ2n) is 3.99. The van der Waals surface area contributed by atoms with E-state index in [0.717, 1.165) is 12.8 Å². The molecule has 0 aliphatic carbocycles. The Morgan fingerprint density at radius 2 is 2.00 bits per heavy atom. The van der Waals surface area contributed by atoms with Gasteiger partial charge in [-0.05, 0) is 44.3 Å². The van der Waals surface area contributed by atoms with Crippen LogP contribution in [0.4, 0.5) is 4.39 Å². The lowest BCUT2D eigenvalue weighted by atomic mass is 10.3. The first kappa shape index (κ1) is 15.7. The molecule has 1 heterocycles. The molecule has 0 N–H and O–H groups in total. The Bertz CT molecular complexity index is 640. The van der Waals surface area contributed by atoms with Crippen LogP contribution in [-0.4, -0.2) is 9.97 Å². The van der Waals surface area contributed by atoms with Crippen molar-refractivity contribution < 1.29 is 9.13 Å². The maximum atomic E-state index is 13.5. The lowest BCUT2D eigenvalue weighted by Crippen LogP contribution is -1.98. The number of hydrogen-bond donors (Lipinski definition) is 0. The van der Waals surface area contributed by atoms with Crippen LogP contribution in [0.25, 0.3) is 0 Å². The van der Waals surface area contributed by atoms with Gasteiger partial charge >= 0.3 is 0 Å². The van der Waals surface area contributed by atoms with Crippen molar-refractivity contribution in [3.63, 3.8) is 0 Å². The highest BCUT2D eigenvalue weighted by Crippen LogP contribution is 2.33. The van der Waals surface area contributed by atoms with Crippen LogP contribution in [0.5, 0.6) is 11.6 Å². The fraction of sp³-hybridized carbons (Fsp3) is 0.231. The molecule has 1 aromatic carbocycles. The van der Waals surface area contributed by atoms with Crippen molar-refractivity contribution in [3.8, 4) is 11.6 Å². The largest absolute Gasteiger partial charge is 0.438 e. The second kappa shape index (κ2) is 6.83. The van der Waals surface area contributed by atoms with Gasteiger partial charge in [-0.2, -0.15) is 4.98 Å². The molecule has 0 aliphatic rings. The van der Waals surface area contributed by atoms with E-state index < -0.39 is 5.82 Å². The van der Waals surface area contributed by atoms with E-state index in [1.54, 1.807) is 6.07 Å². The first-order chi connectivity index (χ1) is 9.49. The quantitative estimate of drug-likeness (QED) is 0.478. The van der Waals surface area contributed by atoms with Gasteiger partial charge in [-0.1, -0.05) is 18.5 Å². The minimum absolute atomic E-state index is 0.0276. The summed E-state index contributed by atoms with van der Waals surface area (Å²) in [4.78, 5) is 8.51. The van der Waals surface area contributed by atoms with Crippen molar-refractivity contribution in [2.45, 2.75) is 19.8 Å². The highest BCUT2D eigenvalue weighted by atomic mass is 79.9. The van der Waals surface area contributed by atoms with Crippen LogP contribution in [0.3, 0.4) is 0 Å². The van der Waals surface area contributed by atoms with E-state index in [1.165, 1.54) is 12.1 Å². The molecule has 0 saturated carbocycles. The molecule has 0 spiro atoms. The average Bonchev–Trinajstić information content (AvgIpc) is 2.35. The predicted octanol–water partition coefficient (Wildman–Crippen LogP) is 5.54. The third-order valence-corrected chi connectivity index (χ3v) is 3.70. The van der Waals surface area contributed by atoms with Gasteiger partial charge in [-0.25, -0.2) is 9.37 Å². The van der Waals surface area contributed by atoms with Crippen LogP contribution in [0.2, 0.25) is 5.02 Å². The van der Waals surface area contributed by atoms with Crippen molar-refractivity contribution in [1.82, 2.24) is 9.97 Å². The maximum Gasteiger partial charge on any atom is 0.223 e. The van der Waals surface area contributed by atoms with E-state index in [2.05, 4.69) is 41.8 Å². The summed E-state index contributed by atoms with van der Waals surface area (Å²) in [5.74, 6) is 0.770. The summed E-state index contributed by atoms with van der Waals surface area (Å²) in [5, 5.41) is 0.0276. The Morgan fingerprint density at radius 3 is 2.70 bits per heavy atom. The SMILES string of the molecule is CCCc1nc(Br)cc(Oc2cc(F)c(Cl)cc2Br)n1. The molecule has 0 bridgehead atoms. The molecule has 0 aliphatic heterocycles. The van der Waals surface area contributed by atoms with E-state index in [4.69, 9.17) is 16.3 Å². The minimum atomic E-state index is -0.549. The molecule has 20 heavy (non-hydrogen) atoms. The summed E-state index contributed by atoms with van der Waals surface area (Å²) in [6, 6.07) is 4.27. The third-order valence-electron chi connectivity index (χ3n) is 2.38. The first-order valence-corrected chi connectivity index (χ1v) is 7.82. The van der Waals surface area contributed by atoms with Gasteiger partial charge < -0.3 is 4.74 Å². The van der Waals surface area contributed by atoms with Gasteiger partial charge in [0.2, 0.25) is 5.88 Å². The summed E-state index contributed by atoms with van der Waals surface area (Å²) in [7, 11) is 0. The van der Waals surface area contributed by atoms with Crippen LogP contribution >= 0.6 is 43.5 Å². The van der Waals surface area contributed by atoms with Crippen LogP contribution in [0.15, 0.2) is 27.3 Å². The number of aryl methyl sites for hydroxylation is 1. The van der Waals surface area contributed by atoms with Crippen LogP contribution < -0.4 is 4.74 Å². The van der Waals surface area contributed by atoms with Crippen LogP contribution in [0, 0.1) is 5.82 Å². The Hall–Kier alpha value is -0.720. The second-order valence-corrected chi connectivity index (χ2v) is 6.07. The molecule has 1 aromatic heterocycles. The van der Waals surface area contributed by atoms with Crippen molar-refractivity contribution in [2.24, 2.45) is 0 Å². The molecule has 106 valence electrons. The first-order valence-electron chi connectivity index (χ1n) is 5.85. The average molecular weight is 424 g/mol. The lowest BCUT2D eigenvalue weighted by molar-refractivity contribution is 0.450. The Labute approximate surface area is 137 Å². The van der Waals surface area contributed by atoms with Crippen LogP contribution in [0.1, 0.15) is 19.2 Å². The van der Waals surface area contributed by atoms with E-state index in [0.29, 0.717) is 26.5 Å². The normalized spacial score (nSPS) is 10.7. The summed E-state index contributed by atoms with van der Waals surface area (Å²) < 4.78 is 20.2. The summed E-state index contributed by atoms with van der Waals surface area (Å²) in [6.07, 6.45) is 1.67. The zero-order valence-electron chi connectivity index (χ0n) is 10.5. The number of benzene rings is 1. The molecule has 0 atom stereocenters. The molecule has 0 fully saturated rings. The molecule has 3 nitrogen and oxygen atoms in total. The van der Waals surface area contributed by atoms with E-state index in [-0.39, 0.29) is 5.02 Å². The number of halogens is 4. The lowest BCUT2D eigenvalue weighted by Gasteiger charge is -2.09. The fourth-order valence-corrected chi connectivity index (χ4v) is 2.65. The predicted molar refractivity (Wildman–Crippen MR) is 82.9 cm³/mol.